The van der Waals surface area contributed by atoms with Gasteiger partial charge in [-0.2, -0.15) is 13.2 Å². The Morgan fingerprint density at radius 3 is 2.54 bits per heavy atom. The molecule has 28 heavy (non-hydrogen) atoms. The number of carbonyl (C=O) groups excluding carboxylic acids is 1. The number of hydrogen-bond acceptors (Lipinski definition) is 5. The molecule has 0 saturated heterocycles. The summed E-state index contributed by atoms with van der Waals surface area (Å²) in [6.07, 6.45) is -4.11. The second kappa shape index (κ2) is 9.72. The van der Waals surface area contributed by atoms with E-state index in [4.69, 9.17) is 5.53 Å². The molecule has 0 aliphatic heterocycles. The number of nitrogens with one attached hydrogen (secondary N) is 1. The maximum Gasteiger partial charge on any atom is 0.416 e. The van der Waals surface area contributed by atoms with Crippen LogP contribution in [0.3, 0.4) is 0 Å². The lowest BCUT2D eigenvalue weighted by Crippen LogP contribution is -2.30. The number of methoxy groups -OCH3 is 1. The number of alkyl halides is 3. The normalized spacial score (nSPS) is 12.1. The van der Waals surface area contributed by atoms with Gasteiger partial charge in [-0.1, -0.05) is 23.3 Å². The van der Waals surface area contributed by atoms with Gasteiger partial charge < -0.3 is 4.74 Å². The number of aromatic nitrogens is 1. The minimum Gasteiger partial charge on any atom is -0.468 e. The van der Waals surface area contributed by atoms with E-state index in [1.807, 2.05) is 0 Å². The van der Waals surface area contributed by atoms with E-state index in [1.165, 1.54) is 19.2 Å². The van der Waals surface area contributed by atoms with Crippen molar-refractivity contribution in [3.05, 3.63) is 75.4 Å². The number of pyridine rings is 1. The van der Waals surface area contributed by atoms with Crippen molar-refractivity contribution >= 4 is 5.97 Å². The number of halogens is 3. The molecule has 0 spiro atoms. The van der Waals surface area contributed by atoms with Gasteiger partial charge in [0.05, 0.1) is 25.8 Å². The van der Waals surface area contributed by atoms with Crippen LogP contribution in [0, 0.1) is 0 Å². The second-order valence-corrected chi connectivity index (χ2v) is 5.84. The molecule has 0 radical (unpaired) electrons. The van der Waals surface area contributed by atoms with Gasteiger partial charge in [-0.25, -0.2) is 0 Å². The van der Waals surface area contributed by atoms with Gasteiger partial charge in [0.2, 0.25) is 0 Å². The Hall–Kier alpha value is -3.10. The second-order valence-electron chi connectivity index (χ2n) is 5.84. The highest BCUT2D eigenvalue weighted by molar-refractivity contribution is 5.71. The molecule has 0 fully saturated rings. The lowest BCUT2D eigenvalue weighted by Gasteiger charge is -2.19. The maximum absolute atomic E-state index is 12.8. The van der Waals surface area contributed by atoms with Crippen molar-refractivity contribution in [1.29, 1.82) is 0 Å². The molecule has 1 heterocycles. The first-order valence-electron chi connectivity index (χ1n) is 8.26. The monoisotopic (exact) mass is 393 g/mol. The highest BCUT2D eigenvalue weighted by Gasteiger charge is 2.30. The summed E-state index contributed by atoms with van der Waals surface area (Å²) >= 11 is 0. The van der Waals surface area contributed by atoms with E-state index in [-0.39, 0.29) is 13.1 Å². The molecule has 1 atom stereocenters. The van der Waals surface area contributed by atoms with Crippen molar-refractivity contribution in [2.24, 2.45) is 5.11 Å². The first kappa shape index (κ1) is 21.2. The smallest absolute Gasteiger partial charge is 0.416 e. The predicted octanol–water partition coefficient (Wildman–Crippen LogP) is 3.96. The number of nitrogens with zero attached hydrogens (tertiary/aromatic N) is 4. The molecule has 0 amide bonds. The number of rotatable bonds is 8. The van der Waals surface area contributed by atoms with E-state index < -0.39 is 23.8 Å². The summed E-state index contributed by atoms with van der Waals surface area (Å²) in [5.41, 5.74) is 9.43. The van der Waals surface area contributed by atoms with E-state index in [2.05, 4.69) is 25.1 Å². The van der Waals surface area contributed by atoms with Gasteiger partial charge in [0.1, 0.15) is 0 Å². The number of ether oxygens (including phenoxy) is 1. The van der Waals surface area contributed by atoms with E-state index in [0.717, 1.165) is 12.1 Å². The highest BCUT2D eigenvalue weighted by atomic mass is 19.4. The fraction of sp³-hybridized carbons (Fsp3) is 0.333. The molecular formula is C18H18F3N5O2. The fourth-order valence-electron chi connectivity index (χ4n) is 2.54. The van der Waals surface area contributed by atoms with Gasteiger partial charge in [0, 0.05) is 28.8 Å². The molecule has 2 aromatic rings. The summed E-state index contributed by atoms with van der Waals surface area (Å²) in [5.74, 6) is -0.498. The van der Waals surface area contributed by atoms with Gasteiger partial charge >= 0.3 is 12.1 Å². The third-order valence-corrected chi connectivity index (χ3v) is 3.93. The summed E-state index contributed by atoms with van der Waals surface area (Å²) in [6, 6.07) is 9.44. The van der Waals surface area contributed by atoms with Gasteiger partial charge in [-0.15, -0.1) is 0 Å². The quantitative estimate of drug-likeness (QED) is 0.318. The minimum absolute atomic E-state index is 0.0882. The van der Waals surface area contributed by atoms with Crippen LogP contribution in [0.4, 0.5) is 13.2 Å². The topological polar surface area (TPSA) is 100.0 Å². The van der Waals surface area contributed by atoms with Crippen molar-refractivity contribution in [3.8, 4) is 0 Å². The zero-order valence-electron chi connectivity index (χ0n) is 15.0. The van der Waals surface area contributed by atoms with E-state index >= 15 is 0 Å². The van der Waals surface area contributed by atoms with Crippen molar-refractivity contribution in [1.82, 2.24) is 10.3 Å². The van der Waals surface area contributed by atoms with Crippen LogP contribution in [0.1, 0.15) is 28.6 Å². The average Bonchev–Trinajstić information content (AvgIpc) is 2.69. The van der Waals surface area contributed by atoms with Crippen LogP contribution in [0.25, 0.3) is 10.4 Å². The molecule has 1 aromatic heterocycles. The number of esters is 1. The van der Waals surface area contributed by atoms with E-state index in [9.17, 15) is 18.0 Å². The Kier molecular flexibility index (Phi) is 7.36. The van der Waals surface area contributed by atoms with Crippen molar-refractivity contribution < 1.29 is 22.7 Å². The van der Waals surface area contributed by atoms with Gasteiger partial charge in [-0.3, -0.25) is 15.1 Å². The summed E-state index contributed by atoms with van der Waals surface area (Å²) in [6.45, 7) is -0.0223. The van der Waals surface area contributed by atoms with Gasteiger partial charge in [-0.05, 0) is 35.4 Å². The zero-order chi connectivity index (χ0) is 20.6. The molecule has 148 valence electrons. The van der Waals surface area contributed by atoms with Crippen molar-refractivity contribution in [2.75, 3.05) is 13.7 Å². The number of azide groups is 1. The van der Waals surface area contributed by atoms with Crippen LogP contribution >= 0.6 is 0 Å². The Bertz CT molecular complexity index is 849. The average molecular weight is 393 g/mol. The molecule has 1 aromatic carbocycles. The molecule has 2 rings (SSSR count). The van der Waals surface area contributed by atoms with Crippen molar-refractivity contribution in [2.45, 2.75) is 25.2 Å². The van der Waals surface area contributed by atoms with Crippen LogP contribution in [0.2, 0.25) is 0 Å². The summed E-state index contributed by atoms with van der Waals surface area (Å²) in [5, 5.41) is 6.44. The fourth-order valence-corrected chi connectivity index (χ4v) is 2.54. The van der Waals surface area contributed by atoms with Crippen LogP contribution < -0.4 is 5.32 Å². The summed E-state index contributed by atoms with van der Waals surface area (Å²) in [7, 11) is 1.25. The number of carbonyl (C=O) groups is 1. The largest absolute Gasteiger partial charge is 0.468 e. The minimum atomic E-state index is -4.43. The maximum atomic E-state index is 12.8. The molecule has 1 N–H and O–H groups in total. The highest BCUT2D eigenvalue weighted by Crippen LogP contribution is 2.30. The number of benzene rings is 1. The first-order valence-corrected chi connectivity index (χ1v) is 8.26. The Morgan fingerprint density at radius 2 is 1.93 bits per heavy atom. The van der Waals surface area contributed by atoms with Crippen LogP contribution in [-0.2, 0) is 28.7 Å². The SMILES string of the molecule is COC(=O)CNC(Cc1cccc(CN=[N+]=[N-])n1)c1ccc(C(F)(F)F)cc1. The molecule has 10 heteroatoms. The number of hydrogen-bond donors (Lipinski definition) is 1. The molecule has 7 nitrogen and oxygen atoms in total. The van der Waals surface area contributed by atoms with Crippen LogP contribution in [-0.4, -0.2) is 24.6 Å². The molecule has 0 aliphatic carbocycles. The van der Waals surface area contributed by atoms with E-state index in [0.29, 0.717) is 23.4 Å². The third kappa shape index (κ3) is 6.26. The van der Waals surface area contributed by atoms with Crippen LogP contribution in [0.5, 0.6) is 0 Å². The summed E-state index contributed by atoms with van der Waals surface area (Å²) in [4.78, 5) is 18.5. The third-order valence-electron chi connectivity index (χ3n) is 3.93. The van der Waals surface area contributed by atoms with E-state index in [1.54, 1.807) is 18.2 Å². The zero-order valence-corrected chi connectivity index (χ0v) is 15.0. The molecular weight excluding hydrogens is 375 g/mol. The Balaban J connectivity index is 2.24. The predicted molar refractivity (Wildman–Crippen MR) is 95.0 cm³/mol. The first-order chi connectivity index (χ1) is 13.3. The Labute approximate surface area is 159 Å². The van der Waals surface area contributed by atoms with Gasteiger partial charge in [0.25, 0.3) is 0 Å². The molecule has 0 aliphatic rings. The lowest BCUT2D eigenvalue weighted by molar-refractivity contribution is -0.139. The lowest BCUT2D eigenvalue weighted by atomic mass is 10.00. The van der Waals surface area contributed by atoms with Crippen molar-refractivity contribution in [3.63, 3.8) is 0 Å². The Morgan fingerprint density at radius 1 is 1.25 bits per heavy atom. The molecule has 0 bridgehead atoms. The van der Waals surface area contributed by atoms with Crippen LogP contribution in [0.15, 0.2) is 47.6 Å². The van der Waals surface area contributed by atoms with Gasteiger partial charge in [0.15, 0.2) is 0 Å². The molecule has 1 unspecified atom stereocenters. The summed E-state index contributed by atoms with van der Waals surface area (Å²) < 4.78 is 43.0. The molecule has 0 saturated carbocycles. The standard InChI is InChI=1S/C18H18F3N5O2/c1-28-17(27)11-23-16(12-5-7-13(8-6-12)18(19,20)21)9-14-3-2-4-15(25-14)10-24-26-22/h2-8,16,23H,9-11H2,1H3.